The van der Waals surface area contributed by atoms with Gasteiger partial charge < -0.3 is 5.11 Å². The van der Waals surface area contributed by atoms with E-state index in [9.17, 15) is 5.11 Å². The molecule has 0 bridgehead atoms. The molecular weight excluding hydrogens is 172 g/mol. The number of benzene rings is 1. The second kappa shape index (κ2) is 3.58. The first-order chi connectivity index (χ1) is 6.68. The third-order valence-electron chi connectivity index (χ3n) is 3.03. The lowest BCUT2D eigenvalue weighted by Crippen LogP contribution is -2.21. The smallest absolute Gasteiger partial charge is 0.0779 e. The molecule has 0 fully saturated rings. The van der Waals surface area contributed by atoms with Crippen LogP contribution in [0.5, 0.6) is 0 Å². The van der Waals surface area contributed by atoms with Gasteiger partial charge >= 0.3 is 0 Å². The van der Waals surface area contributed by atoms with E-state index < -0.39 is 0 Å². The Hall–Kier alpha value is -1.08. The normalized spacial score (nSPS) is 17.9. The van der Waals surface area contributed by atoms with Crippen molar-refractivity contribution < 1.29 is 5.11 Å². The van der Waals surface area contributed by atoms with Gasteiger partial charge in [-0.1, -0.05) is 36.4 Å². The zero-order valence-corrected chi connectivity index (χ0v) is 8.53. The summed E-state index contributed by atoms with van der Waals surface area (Å²) in [5.74, 6) is 0.338. The lowest BCUT2D eigenvalue weighted by atomic mass is 9.95. The van der Waals surface area contributed by atoms with Crippen LogP contribution in [0.25, 0.3) is 0 Å². The summed E-state index contributed by atoms with van der Waals surface area (Å²) < 4.78 is 0. The third-order valence-corrected chi connectivity index (χ3v) is 3.03. The van der Waals surface area contributed by atoms with Crippen LogP contribution in [-0.4, -0.2) is 11.2 Å². The van der Waals surface area contributed by atoms with Crippen LogP contribution in [0.1, 0.15) is 18.1 Å². The van der Waals surface area contributed by atoms with Crippen LogP contribution < -0.4 is 0 Å². The summed E-state index contributed by atoms with van der Waals surface area (Å²) in [6, 6.07) is 8.43. The first kappa shape index (κ1) is 9.47. The minimum atomic E-state index is -0.345. The van der Waals surface area contributed by atoms with Crippen molar-refractivity contribution in [2.24, 2.45) is 5.92 Å². The maximum Gasteiger partial charge on any atom is 0.0779 e. The van der Waals surface area contributed by atoms with Gasteiger partial charge in [-0.05, 0) is 36.8 Å². The van der Waals surface area contributed by atoms with E-state index >= 15 is 0 Å². The first-order valence-corrected chi connectivity index (χ1v) is 5.08. The van der Waals surface area contributed by atoms with Gasteiger partial charge in [-0.25, -0.2) is 0 Å². The van der Waals surface area contributed by atoms with Crippen LogP contribution in [0.4, 0.5) is 0 Å². The number of aliphatic hydroxyl groups is 1. The van der Waals surface area contributed by atoms with Gasteiger partial charge in [0.15, 0.2) is 0 Å². The van der Waals surface area contributed by atoms with Crippen molar-refractivity contribution in [3.8, 4) is 0 Å². The van der Waals surface area contributed by atoms with Gasteiger partial charge in [-0.3, -0.25) is 0 Å². The molecule has 74 valence electrons. The number of hydrogen-bond acceptors (Lipinski definition) is 1. The molecule has 0 amide bonds. The second-order valence-electron chi connectivity index (χ2n) is 4.23. The Morgan fingerprint density at radius 3 is 2.29 bits per heavy atom. The van der Waals surface area contributed by atoms with E-state index in [1.807, 2.05) is 6.92 Å². The molecule has 1 heteroatoms. The molecule has 0 radical (unpaired) electrons. The van der Waals surface area contributed by atoms with Crippen LogP contribution in [0, 0.1) is 5.92 Å². The van der Waals surface area contributed by atoms with Crippen LogP contribution in [-0.2, 0) is 12.8 Å². The predicted molar refractivity (Wildman–Crippen MR) is 58.2 cm³/mol. The van der Waals surface area contributed by atoms with Crippen LogP contribution >= 0.6 is 0 Å². The highest BCUT2D eigenvalue weighted by Crippen LogP contribution is 2.30. The van der Waals surface area contributed by atoms with Crippen LogP contribution in [0.2, 0.25) is 0 Å². The van der Waals surface area contributed by atoms with E-state index in [1.165, 1.54) is 11.1 Å². The Kier molecular flexibility index (Phi) is 2.42. The molecule has 1 atom stereocenters. The van der Waals surface area contributed by atoms with Crippen molar-refractivity contribution in [2.45, 2.75) is 25.9 Å². The summed E-state index contributed by atoms with van der Waals surface area (Å²) in [7, 11) is 0. The molecule has 1 unspecified atom stereocenters. The van der Waals surface area contributed by atoms with E-state index in [0.717, 1.165) is 18.4 Å². The van der Waals surface area contributed by atoms with Crippen molar-refractivity contribution in [1.29, 1.82) is 0 Å². The van der Waals surface area contributed by atoms with Gasteiger partial charge in [-0.15, -0.1) is 0 Å². The monoisotopic (exact) mass is 188 g/mol. The van der Waals surface area contributed by atoms with Crippen molar-refractivity contribution in [3.05, 3.63) is 47.5 Å². The fourth-order valence-corrected chi connectivity index (χ4v) is 2.22. The van der Waals surface area contributed by atoms with Gasteiger partial charge in [0.25, 0.3) is 0 Å². The van der Waals surface area contributed by atoms with Crippen molar-refractivity contribution in [3.63, 3.8) is 0 Å². The Labute approximate surface area is 85.1 Å². The Morgan fingerprint density at radius 1 is 1.36 bits per heavy atom. The van der Waals surface area contributed by atoms with Crippen LogP contribution in [0.15, 0.2) is 36.4 Å². The number of aliphatic hydroxyl groups excluding tert-OH is 1. The maximum absolute atomic E-state index is 9.90. The molecule has 0 saturated heterocycles. The lowest BCUT2D eigenvalue weighted by molar-refractivity contribution is 0.147. The van der Waals surface area contributed by atoms with E-state index in [1.54, 1.807) is 0 Å². The molecular formula is C13H16O. The second-order valence-corrected chi connectivity index (χ2v) is 4.23. The first-order valence-electron chi connectivity index (χ1n) is 5.08. The Bertz CT molecular complexity index is 329. The van der Waals surface area contributed by atoms with E-state index in [4.69, 9.17) is 0 Å². The number of hydrogen-bond donors (Lipinski definition) is 1. The Balaban J connectivity index is 2.15. The molecule has 0 aliphatic heterocycles. The van der Waals surface area contributed by atoms with Gasteiger partial charge in [0, 0.05) is 0 Å². The third kappa shape index (κ3) is 1.60. The standard InChI is InChI=1S/C13H16O/c1-9(2)13(14)12-7-10-5-3-4-6-11(10)8-12/h3-6,12-14H,1,7-8H2,2H3. The summed E-state index contributed by atoms with van der Waals surface area (Å²) in [5.41, 5.74) is 3.65. The molecule has 2 rings (SSSR count). The fraction of sp³-hybridized carbons (Fsp3) is 0.385. The minimum absolute atomic E-state index is 0.338. The quantitative estimate of drug-likeness (QED) is 0.706. The average Bonchev–Trinajstić information content (AvgIpc) is 2.59. The lowest BCUT2D eigenvalue weighted by Gasteiger charge is -2.17. The molecule has 0 aromatic heterocycles. The molecule has 0 heterocycles. The van der Waals surface area contributed by atoms with E-state index in [-0.39, 0.29) is 6.10 Å². The van der Waals surface area contributed by atoms with Crippen LogP contribution in [0.3, 0.4) is 0 Å². The molecule has 1 aliphatic rings. The highest BCUT2D eigenvalue weighted by Gasteiger charge is 2.27. The zero-order valence-electron chi connectivity index (χ0n) is 8.53. The summed E-state index contributed by atoms with van der Waals surface area (Å²) in [6.07, 6.45) is 1.64. The minimum Gasteiger partial charge on any atom is -0.388 e. The van der Waals surface area contributed by atoms with Crippen molar-refractivity contribution in [2.75, 3.05) is 0 Å². The summed E-state index contributed by atoms with van der Waals surface area (Å²) in [5, 5.41) is 9.90. The predicted octanol–water partition coefficient (Wildman–Crippen LogP) is 2.34. The van der Waals surface area contributed by atoms with Gasteiger partial charge in [0.2, 0.25) is 0 Å². The summed E-state index contributed by atoms with van der Waals surface area (Å²) >= 11 is 0. The summed E-state index contributed by atoms with van der Waals surface area (Å²) in [6.45, 7) is 5.71. The molecule has 1 N–H and O–H groups in total. The summed E-state index contributed by atoms with van der Waals surface area (Å²) in [4.78, 5) is 0. The molecule has 1 aromatic rings. The van der Waals surface area contributed by atoms with Crippen molar-refractivity contribution in [1.82, 2.24) is 0 Å². The topological polar surface area (TPSA) is 20.2 Å². The zero-order chi connectivity index (χ0) is 10.1. The number of rotatable bonds is 2. The molecule has 0 saturated carbocycles. The van der Waals surface area contributed by atoms with E-state index in [0.29, 0.717) is 5.92 Å². The number of fused-ring (bicyclic) bond motifs is 1. The molecule has 14 heavy (non-hydrogen) atoms. The highest BCUT2D eigenvalue weighted by atomic mass is 16.3. The van der Waals surface area contributed by atoms with Gasteiger partial charge in [-0.2, -0.15) is 0 Å². The average molecular weight is 188 g/mol. The fourth-order valence-electron chi connectivity index (χ4n) is 2.22. The van der Waals surface area contributed by atoms with Gasteiger partial charge in [0.1, 0.15) is 0 Å². The molecule has 1 nitrogen and oxygen atoms in total. The molecule has 1 aliphatic carbocycles. The molecule has 1 aromatic carbocycles. The Morgan fingerprint density at radius 2 is 1.86 bits per heavy atom. The SMILES string of the molecule is C=C(C)C(O)C1Cc2ccccc2C1. The van der Waals surface area contributed by atoms with Gasteiger partial charge in [0.05, 0.1) is 6.10 Å². The van der Waals surface area contributed by atoms with E-state index in [2.05, 4.69) is 30.8 Å². The highest BCUT2D eigenvalue weighted by molar-refractivity contribution is 5.33. The maximum atomic E-state index is 9.90. The largest absolute Gasteiger partial charge is 0.388 e. The van der Waals surface area contributed by atoms with Crippen molar-refractivity contribution >= 4 is 0 Å². The molecule has 0 spiro atoms.